The molecule has 0 bridgehead atoms. The molecular formula is C20H25N7O3. The number of hydrogen-bond acceptors (Lipinski definition) is 4. The Morgan fingerprint density at radius 2 is 2.07 bits per heavy atom. The Hall–Kier alpha value is -3.56. The molecule has 1 aromatic carbocycles. The van der Waals surface area contributed by atoms with Gasteiger partial charge in [-0.15, -0.1) is 0 Å². The van der Waals surface area contributed by atoms with Crippen molar-refractivity contribution in [2.45, 2.75) is 26.1 Å². The zero-order chi connectivity index (χ0) is 21.3. The van der Waals surface area contributed by atoms with Crippen molar-refractivity contribution in [1.82, 2.24) is 34.4 Å². The van der Waals surface area contributed by atoms with Crippen LogP contribution in [0.1, 0.15) is 11.4 Å². The highest BCUT2D eigenvalue weighted by atomic mass is 16.2. The first-order chi connectivity index (χ1) is 14.4. The summed E-state index contributed by atoms with van der Waals surface area (Å²) in [6.07, 6.45) is 2.64. The normalized spacial score (nSPS) is 13.3. The van der Waals surface area contributed by atoms with Gasteiger partial charge in [0.05, 0.1) is 6.54 Å². The standard InChI is InChI=1S/C20H25N7O3/c1-24(2)18(28)13-27-20(30)26-10-9-25(12-17(26)23-27)19(29)22-7-5-14-3-4-16-15(11-14)6-8-21-16/h3-4,6,8,11,21H,5,7,9-10,12-13H2,1-2H3,(H,22,29). The minimum absolute atomic E-state index is 0.108. The van der Waals surface area contributed by atoms with E-state index in [1.807, 2.05) is 24.4 Å². The highest BCUT2D eigenvalue weighted by Gasteiger charge is 2.25. The lowest BCUT2D eigenvalue weighted by Gasteiger charge is -2.26. The minimum atomic E-state index is -0.319. The molecule has 158 valence electrons. The monoisotopic (exact) mass is 411 g/mol. The molecule has 3 aromatic rings. The third-order valence-corrected chi connectivity index (χ3v) is 5.30. The van der Waals surface area contributed by atoms with E-state index in [1.54, 1.807) is 19.0 Å². The van der Waals surface area contributed by atoms with Crippen molar-refractivity contribution in [1.29, 1.82) is 0 Å². The summed E-state index contributed by atoms with van der Waals surface area (Å²) >= 11 is 0. The van der Waals surface area contributed by atoms with E-state index < -0.39 is 0 Å². The predicted molar refractivity (Wildman–Crippen MR) is 111 cm³/mol. The Balaban J connectivity index is 1.34. The average Bonchev–Trinajstić information content (AvgIpc) is 3.31. The van der Waals surface area contributed by atoms with E-state index in [-0.39, 0.29) is 30.7 Å². The molecule has 10 heteroatoms. The van der Waals surface area contributed by atoms with E-state index in [9.17, 15) is 14.4 Å². The molecule has 3 heterocycles. The molecule has 0 unspecified atom stereocenters. The van der Waals surface area contributed by atoms with Crippen molar-refractivity contribution in [3.8, 4) is 0 Å². The maximum Gasteiger partial charge on any atom is 0.346 e. The fourth-order valence-corrected chi connectivity index (χ4v) is 3.53. The molecule has 4 rings (SSSR count). The van der Waals surface area contributed by atoms with Gasteiger partial charge in [-0.2, -0.15) is 5.10 Å². The van der Waals surface area contributed by atoms with E-state index in [0.717, 1.165) is 27.6 Å². The molecule has 1 aliphatic rings. The molecule has 0 spiro atoms. The van der Waals surface area contributed by atoms with Gasteiger partial charge < -0.3 is 20.1 Å². The summed E-state index contributed by atoms with van der Waals surface area (Å²) in [5.74, 6) is 0.283. The van der Waals surface area contributed by atoms with Crippen molar-refractivity contribution in [3.63, 3.8) is 0 Å². The molecule has 2 aromatic heterocycles. The third-order valence-electron chi connectivity index (χ3n) is 5.30. The van der Waals surface area contributed by atoms with E-state index in [1.165, 1.54) is 9.47 Å². The first-order valence-electron chi connectivity index (χ1n) is 9.88. The predicted octanol–water partition coefficient (Wildman–Crippen LogP) is 0.382. The minimum Gasteiger partial charge on any atom is -0.361 e. The van der Waals surface area contributed by atoms with Crippen LogP contribution in [0.15, 0.2) is 35.3 Å². The summed E-state index contributed by atoms with van der Waals surface area (Å²) in [6, 6.07) is 8.03. The fraction of sp³-hybridized carbons (Fsp3) is 0.400. The molecule has 0 fully saturated rings. The van der Waals surface area contributed by atoms with Crippen molar-refractivity contribution < 1.29 is 9.59 Å². The highest BCUT2D eigenvalue weighted by Crippen LogP contribution is 2.14. The van der Waals surface area contributed by atoms with Crippen LogP contribution >= 0.6 is 0 Å². The van der Waals surface area contributed by atoms with Crippen LogP contribution in [0.25, 0.3) is 10.9 Å². The van der Waals surface area contributed by atoms with Gasteiger partial charge in [0, 0.05) is 45.4 Å². The average molecular weight is 411 g/mol. The fourth-order valence-electron chi connectivity index (χ4n) is 3.53. The van der Waals surface area contributed by atoms with Gasteiger partial charge in [0.25, 0.3) is 0 Å². The van der Waals surface area contributed by atoms with Gasteiger partial charge in [-0.05, 0) is 35.6 Å². The van der Waals surface area contributed by atoms with E-state index in [4.69, 9.17) is 0 Å². The molecule has 0 saturated carbocycles. The van der Waals surface area contributed by atoms with Crippen LogP contribution in [0.5, 0.6) is 0 Å². The van der Waals surface area contributed by atoms with Gasteiger partial charge in [0.2, 0.25) is 5.91 Å². The molecule has 2 N–H and O–H groups in total. The number of rotatable bonds is 5. The number of hydrogen-bond donors (Lipinski definition) is 2. The van der Waals surface area contributed by atoms with E-state index in [0.29, 0.717) is 25.5 Å². The van der Waals surface area contributed by atoms with Crippen molar-refractivity contribution in [3.05, 3.63) is 52.3 Å². The maximum atomic E-state index is 12.6. The number of nitrogens with zero attached hydrogens (tertiary/aromatic N) is 5. The Bertz CT molecular complexity index is 1140. The first kappa shape index (κ1) is 19.7. The van der Waals surface area contributed by atoms with Gasteiger partial charge in [0.15, 0.2) is 5.82 Å². The molecule has 0 atom stereocenters. The number of carbonyl (C=O) groups excluding carboxylic acids is 2. The van der Waals surface area contributed by atoms with Gasteiger partial charge >= 0.3 is 11.7 Å². The quantitative estimate of drug-likeness (QED) is 0.633. The molecule has 0 aliphatic carbocycles. The van der Waals surface area contributed by atoms with Gasteiger partial charge in [-0.3, -0.25) is 9.36 Å². The lowest BCUT2D eigenvalue weighted by atomic mass is 10.1. The van der Waals surface area contributed by atoms with Crippen molar-refractivity contribution in [2.24, 2.45) is 0 Å². The number of carbonyl (C=O) groups is 2. The Morgan fingerprint density at radius 3 is 2.87 bits per heavy atom. The Morgan fingerprint density at radius 1 is 1.23 bits per heavy atom. The summed E-state index contributed by atoms with van der Waals surface area (Å²) < 4.78 is 2.69. The van der Waals surface area contributed by atoms with Crippen LogP contribution in [0.3, 0.4) is 0 Å². The molecule has 10 nitrogen and oxygen atoms in total. The number of aromatic amines is 1. The molecule has 0 radical (unpaired) electrons. The number of benzene rings is 1. The molecule has 1 aliphatic heterocycles. The van der Waals surface area contributed by atoms with Crippen LogP contribution in [0.4, 0.5) is 4.79 Å². The summed E-state index contributed by atoms with van der Waals surface area (Å²) in [7, 11) is 3.26. The summed E-state index contributed by atoms with van der Waals surface area (Å²) in [6.45, 7) is 1.43. The number of urea groups is 1. The van der Waals surface area contributed by atoms with E-state index in [2.05, 4.69) is 21.5 Å². The largest absolute Gasteiger partial charge is 0.361 e. The number of fused-ring (bicyclic) bond motifs is 2. The van der Waals surface area contributed by atoms with Crippen molar-refractivity contribution >= 4 is 22.8 Å². The Kier molecular flexibility index (Phi) is 5.30. The topological polar surface area (TPSA) is 108 Å². The molecule has 30 heavy (non-hydrogen) atoms. The second-order valence-corrected chi connectivity index (χ2v) is 7.60. The number of amides is 3. The van der Waals surface area contributed by atoms with Crippen LogP contribution in [-0.2, 0) is 30.8 Å². The summed E-state index contributed by atoms with van der Waals surface area (Å²) in [5.41, 5.74) is 1.92. The maximum absolute atomic E-state index is 12.6. The van der Waals surface area contributed by atoms with Crippen LogP contribution in [-0.4, -0.2) is 68.3 Å². The summed E-state index contributed by atoms with van der Waals surface area (Å²) in [4.78, 5) is 43.1. The number of aromatic nitrogens is 4. The highest BCUT2D eigenvalue weighted by molar-refractivity contribution is 5.80. The Labute approximate surface area is 173 Å². The summed E-state index contributed by atoms with van der Waals surface area (Å²) in [5, 5.41) is 8.34. The molecular weight excluding hydrogens is 386 g/mol. The van der Waals surface area contributed by atoms with E-state index >= 15 is 0 Å². The number of nitrogens with one attached hydrogen (secondary N) is 2. The van der Waals surface area contributed by atoms with Crippen molar-refractivity contribution in [2.75, 3.05) is 27.2 Å². The second-order valence-electron chi connectivity index (χ2n) is 7.60. The zero-order valence-corrected chi connectivity index (χ0v) is 17.1. The lowest BCUT2D eigenvalue weighted by molar-refractivity contribution is -0.129. The van der Waals surface area contributed by atoms with Gasteiger partial charge in [-0.25, -0.2) is 14.3 Å². The van der Waals surface area contributed by atoms with Gasteiger partial charge in [-0.1, -0.05) is 6.07 Å². The third kappa shape index (κ3) is 3.93. The second kappa shape index (κ2) is 8.05. The SMILES string of the molecule is CN(C)C(=O)Cn1nc2n(c1=O)CCN(C(=O)NCCc1ccc3[nH]ccc3c1)C2. The van der Waals surface area contributed by atoms with Crippen LogP contribution < -0.4 is 11.0 Å². The number of H-pyrrole nitrogens is 1. The number of likely N-dealkylation sites (N-methyl/N-ethyl adjacent to an activating group) is 1. The van der Waals surface area contributed by atoms with Crippen LogP contribution in [0.2, 0.25) is 0 Å². The van der Waals surface area contributed by atoms with Crippen LogP contribution in [0, 0.1) is 0 Å². The first-order valence-corrected chi connectivity index (χ1v) is 9.88. The zero-order valence-electron chi connectivity index (χ0n) is 17.1. The lowest BCUT2D eigenvalue weighted by Crippen LogP contribution is -2.46. The molecule has 0 saturated heterocycles. The van der Waals surface area contributed by atoms with Gasteiger partial charge in [0.1, 0.15) is 6.54 Å². The smallest absolute Gasteiger partial charge is 0.346 e. The molecule has 3 amide bonds.